The molecule has 4 atom stereocenters. The Hall–Kier alpha value is -2.73. The average molecular weight is 518 g/mol. The Morgan fingerprint density at radius 3 is 2.58 bits per heavy atom. The first kappa shape index (κ1) is 25.5. The van der Waals surface area contributed by atoms with E-state index in [1.54, 1.807) is 11.1 Å². The Bertz CT molecular complexity index is 1200. The summed E-state index contributed by atoms with van der Waals surface area (Å²) >= 11 is 0. The normalized spacial score (nSPS) is 30.1. The molecule has 202 valence electrons. The molecule has 2 amide bonds. The van der Waals surface area contributed by atoms with Crippen LogP contribution in [0.4, 0.5) is 14.9 Å². The molecule has 2 saturated heterocycles. The van der Waals surface area contributed by atoms with E-state index in [1.165, 1.54) is 55.4 Å². The zero-order chi connectivity index (χ0) is 26.3. The maximum Gasteiger partial charge on any atom is 0.376 e. The van der Waals surface area contributed by atoms with Crippen molar-refractivity contribution < 1.29 is 13.8 Å². The number of carbonyl (C=O) groups excluding carboxylic acids is 1. The smallest absolute Gasteiger partial charge is 0.243 e. The number of amides is 2. The van der Waals surface area contributed by atoms with Crippen LogP contribution in [0.25, 0.3) is 0 Å². The van der Waals surface area contributed by atoms with E-state index in [1.807, 2.05) is 6.07 Å². The van der Waals surface area contributed by atoms with Crippen LogP contribution < -0.4 is 10.3 Å². The minimum Gasteiger partial charge on any atom is -0.243 e. The van der Waals surface area contributed by atoms with Gasteiger partial charge in [0.05, 0.1) is 6.04 Å². The summed E-state index contributed by atoms with van der Waals surface area (Å²) in [7, 11) is 0. The fourth-order valence-corrected chi connectivity index (χ4v) is 7.22. The molecule has 4 aliphatic rings. The first-order valence-corrected chi connectivity index (χ1v) is 14.8. The Kier molecular flexibility index (Phi) is 7.02. The molecule has 1 spiro atoms. The number of piperidine rings is 1. The topological polar surface area (TPSA) is 44.7 Å². The molecule has 4 fully saturated rings. The number of nitrogens with one attached hydrogen (secondary N) is 1. The van der Waals surface area contributed by atoms with Crippen LogP contribution in [0.15, 0.2) is 53.5 Å². The first-order valence-electron chi connectivity index (χ1n) is 14.8. The Morgan fingerprint density at radius 2 is 1.84 bits per heavy atom. The van der Waals surface area contributed by atoms with E-state index in [4.69, 9.17) is 4.99 Å². The molecule has 0 bridgehead atoms. The SMILES string of the molecule is CC(c1cccc(CC2CC[N@@+]3(C[C@H]2C)C(=NC2CCCCC2)NC(=O)N3c2cccc(F)c2)c1)C1CC1. The fourth-order valence-electron chi connectivity index (χ4n) is 7.22. The van der Waals surface area contributed by atoms with Gasteiger partial charge in [-0.05, 0) is 73.1 Å². The van der Waals surface area contributed by atoms with Crippen molar-refractivity contribution in [2.75, 3.05) is 18.1 Å². The van der Waals surface area contributed by atoms with Gasteiger partial charge >= 0.3 is 12.0 Å². The summed E-state index contributed by atoms with van der Waals surface area (Å²) < 4.78 is 14.7. The Labute approximate surface area is 226 Å². The van der Waals surface area contributed by atoms with E-state index in [-0.39, 0.29) is 17.9 Å². The van der Waals surface area contributed by atoms with Gasteiger partial charge in [-0.25, -0.2) is 19.5 Å². The predicted octanol–water partition coefficient (Wildman–Crippen LogP) is 7.19. The number of carbonyl (C=O) groups is 1. The monoisotopic (exact) mass is 517 g/mol. The number of aliphatic imine (C=N–C) groups is 1. The average Bonchev–Trinajstić information content (AvgIpc) is 3.73. The minimum absolute atomic E-state index is 0.197. The number of anilines is 1. The van der Waals surface area contributed by atoms with E-state index in [9.17, 15) is 9.18 Å². The van der Waals surface area contributed by atoms with Crippen LogP contribution in [0.2, 0.25) is 0 Å². The van der Waals surface area contributed by atoms with Crippen LogP contribution >= 0.6 is 0 Å². The van der Waals surface area contributed by atoms with Crippen LogP contribution in [0.1, 0.15) is 82.3 Å². The highest BCUT2D eigenvalue weighted by molar-refractivity contribution is 6.06. The molecule has 6 rings (SSSR count). The van der Waals surface area contributed by atoms with Gasteiger partial charge < -0.3 is 0 Å². The lowest BCUT2D eigenvalue weighted by atomic mass is 9.81. The number of nitrogens with zero attached hydrogens (tertiary/aromatic N) is 3. The Balaban J connectivity index is 1.27. The second kappa shape index (κ2) is 10.4. The second-order valence-electron chi connectivity index (χ2n) is 12.4. The molecule has 0 aromatic heterocycles. The molecule has 5 nitrogen and oxygen atoms in total. The summed E-state index contributed by atoms with van der Waals surface area (Å²) in [6, 6.07) is 15.8. The molecular weight excluding hydrogens is 475 g/mol. The zero-order valence-electron chi connectivity index (χ0n) is 22.9. The van der Waals surface area contributed by atoms with E-state index in [2.05, 4.69) is 43.4 Å². The minimum atomic E-state index is -0.325. The van der Waals surface area contributed by atoms with Gasteiger partial charge in [0.15, 0.2) is 0 Å². The summed E-state index contributed by atoms with van der Waals surface area (Å²) in [6.07, 6.45) is 10.6. The zero-order valence-corrected chi connectivity index (χ0v) is 22.9. The number of hydrogen-bond acceptors (Lipinski definition) is 2. The molecule has 38 heavy (non-hydrogen) atoms. The van der Waals surface area contributed by atoms with Crippen LogP contribution in [0, 0.1) is 23.6 Å². The number of hydrogen-bond donors (Lipinski definition) is 1. The van der Waals surface area contributed by atoms with Crippen molar-refractivity contribution in [3.05, 3.63) is 65.5 Å². The van der Waals surface area contributed by atoms with Crippen molar-refractivity contribution in [3.63, 3.8) is 0 Å². The molecule has 2 heterocycles. The summed E-state index contributed by atoms with van der Waals surface area (Å²) in [4.78, 5) is 18.6. The fraction of sp³-hybridized carbons (Fsp3) is 0.562. The third-order valence-corrected chi connectivity index (χ3v) is 9.69. The van der Waals surface area contributed by atoms with Crippen molar-refractivity contribution in [3.8, 4) is 0 Å². The lowest BCUT2D eigenvalue weighted by Gasteiger charge is -2.45. The maximum atomic E-state index is 14.3. The van der Waals surface area contributed by atoms with Gasteiger partial charge in [0.2, 0.25) is 0 Å². The molecule has 2 unspecified atom stereocenters. The summed E-state index contributed by atoms with van der Waals surface area (Å²) in [5.74, 6) is 2.86. The number of urea groups is 1. The van der Waals surface area contributed by atoms with Gasteiger partial charge in [0.1, 0.15) is 24.6 Å². The number of benzene rings is 2. The highest BCUT2D eigenvalue weighted by atomic mass is 19.1. The molecule has 2 aliphatic carbocycles. The summed E-state index contributed by atoms with van der Waals surface area (Å²) in [5, 5.41) is 4.91. The van der Waals surface area contributed by atoms with Crippen LogP contribution in [-0.2, 0) is 6.42 Å². The van der Waals surface area contributed by atoms with Gasteiger partial charge in [-0.1, -0.05) is 63.4 Å². The molecule has 2 aromatic carbocycles. The van der Waals surface area contributed by atoms with Crippen LogP contribution in [0.5, 0.6) is 0 Å². The van der Waals surface area contributed by atoms with Crippen LogP contribution in [-0.4, -0.2) is 35.7 Å². The highest BCUT2D eigenvalue weighted by Crippen LogP contribution is 2.43. The van der Waals surface area contributed by atoms with E-state index >= 15 is 0 Å². The third kappa shape index (κ3) is 5.00. The lowest BCUT2D eigenvalue weighted by molar-refractivity contribution is -0.851. The Morgan fingerprint density at radius 1 is 1.05 bits per heavy atom. The molecule has 2 aliphatic heterocycles. The van der Waals surface area contributed by atoms with Crippen LogP contribution in [0.3, 0.4) is 0 Å². The third-order valence-electron chi connectivity index (χ3n) is 9.69. The van der Waals surface area contributed by atoms with Crippen molar-refractivity contribution >= 4 is 17.7 Å². The van der Waals surface area contributed by atoms with Gasteiger partial charge in [-0.15, -0.1) is 9.60 Å². The van der Waals surface area contributed by atoms with E-state index in [0.29, 0.717) is 28.0 Å². The number of halogens is 1. The molecule has 2 aromatic rings. The van der Waals surface area contributed by atoms with Gasteiger partial charge in [-0.3, -0.25) is 0 Å². The lowest BCUT2D eigenvalue weighted by Crippen LogP contribution is -2.65. The van der Waals surface area contributed by atoms with Crippen molar-refractivity contribution in [2.45, 2.75) is 83.6 Å². The first-order chi connectivity index (χ1) is 18.4. The molecule has 2 saturated carbocycles. The summed E-state index contributed by atoms with van der Waals surface area (Å²) in [6.45, 7) is 6.27. The van der Waals surface area contributed by atoms with E-state index < -0.39 is 0 Å². The predicted molar refractivity (Wildman–Crippen MR) is 150 cm³/mol. The van der Waals surface area contributed by atoms with E-state index in [0.717, 1.165) is 50.7 Å². The number of guanidine groups is 1. The van der Waals surface area contributed by atoms with Crippen molar-refractivity contribution in [1.29, 1.82) is 0 Å². The molecule has 1 N–H and O–H groups in total. The number of rotatable bonds is 6. The molecular formula is C32H42FN4O+. The second-order valence-corrected chi connectivity index (χ2v) is 12.4. The highest BCUT2D eigenvalue weighted by Gasteiger charge is 2.56. The summed E-state index contributed by atoms with van der Waals surface area (Å²) in [5.41, 5.74) is 3.50. The molecule has 6 heteroatoms. The van der Waals surface area contributed by atoms with Gasteiger partial charge in [0, 0.05) is 18.4 Å². The molecule has 0 radical (unpaired) electrons. The number of quaternary nitrogens is 1. The maximum absolute atomic E-state index is 14.3. The van der Waals surface area contributed by atoms with Crippen molar-refractivity contribution in [2.24, 2.45) is 22.7 Å². The standard InChI is InChI=1S/C32H41FN4O/c1-22-21-37(17-16-26(22)18-24-8-6-9-27(19-24)23(2)25-14-15-25)31(34-29-11-4-3-5-12-29)35-32(38)36(37)30-13-7-10-28(33)20-30/h6-10,13,19-20,22-23,25-26,29H,3-5,11-12,14-18,21H2,1-2H3/p+1/t22-,23?,26?,37-/m1/s1. The quantitative estimate of drug-likeness (QED) is 0.405. The van der Waals surface area contributed by atoms with Crippen molar-refractivity contribution in [1.82, 2.24) is 5.32 Å². The largest absolute Gasteiger partial charge is 0.376 e. The van der Waals surface area contributed by atoms with Gasteiger partial charge in [-0.2, -0.15) is 0 Å². The van der Waals surface area contributed by atoms with Gasteiger partial charge in [0.25, 0.3) is 0 Å².